The molecule has 1 saturated heterocycles. The molecule has 148 valence electrons. The van der Waals surface area contributed by atoms with Crippen molar-refractivity contribution in [2.75, 3.05) is 6.54 Å². The lowest BCUT2D eigenvalue weighted by atomic mass is 10.1. The van der Waals surface area contributed by atoms with E-state index < -0.39 is 17.9 Å². The first-order chi connectivity index (χ1) is 12.5. The van der Waals surface area contributed by atoms with Crippen LogP contribution in [-0.2, 0) is 16.1 Å². The predicted molar refractivity (Wildman–Crippen MR) is 88.5 cm³/mol. The van der Waals surface area contributed by atoms with Crippen molar-refractivity contribution in [1.82, 2.24) is 15.5 Å². The largest absolute Gasteiger partial charge is 0.573 e. The summed E-state index contributed by atoms with van der Waals surface area (Å²) < 4.78 is 40.0. The molecule has 0 unspecified atom stereocenters. The van der Waals surface area contributed by atoms with Gasteiger partial charge in [-0.2, -0.15) is 0 Å². The third-order valence-electron chi connectivity index (χ3n) is 3.88. The van der Waals surface area contributed by atoms with Gasteiger partial charge in [0.2, 0.25) is 5.91 Å². The van der Waals surface area contributed by atoms with Gasteiger partial charge in [-0.25, -0.2) is 4.79 Å². The molecule has 27 heavy (non-hydrogen) atoms. The highest BCUT2D eigenvalue weighted by Crippen LogP contribution is 2.22. The van der Waals surface area contributed by atoms with Gasteiger partial charge in [-0.3, -0.25) is 14.5 Å². The maximum absolute atomic E-state index is 12.1. The van der Waals surface area contributed by atoms with Crippen LogP contribution in [-0.4, -0.2) is 41.2 Å². The monoisotopic (exact) mass is 387 g/mol. The van der Waals surface area contributed by atoms with Crippen LogP contribution in [0.5, 0.6) is 5.75 Å². The number of benzene rings is 1. The SMILES string of the molecule is CC1(C)NC(=O)N(CCCC(=O)NCc2ccc(OC(F)(F)F)cc2)C1=O. The zero-order valence-corrected chi connectivity index (χ0v) is 14.9. The first-order valence-electron chi connectivity index (χ1n) is 8.23. The van der Waals surface area contributed by atoms with E-state index in [4.69, 9.17) is 0 Å². The number of urea groups is 1. The fourth-order valence-corrected chi connectivity index (χ4v) is 2.52. The van der Waals surface area contributed by atoms with E-state index in [1.807, 2.05) is 0 Å². The summed E-state index contributed by atoms with van der Waals surface area (Å²) >= 11 is 0. The maximum Gasteiger partial charge on any atom is 0.573 e. The fraction of sp³-hybridized carbons (Fsp3) is 0.471. The van der Waals surface area contributed by atoms with Crippen LogP contribution in [0.15, 0.2) is 24.3 Å². The molecule has 0 aromatic heterocycles. The molecule has 1 fully saturated rings. The molecule has 4 amide bonds. The third kappa shape index (κ3) is 5.87. The molecule has 0 aliphatic carbocycles. The van der Waals surface area contributed by atoms with Gasteiger partial charge < -0.3 is 15.4 Å². The van der Waals surface area contributed by atoms with Crippen molar-refractivity contribution in [2.24, 2.45) is 0 Å². The number of amides is 4. The molecule has 2 N–H and O–H groups in total. The van der Waals surface area contributed by atoms with E-state index in [2.05, 4.69) is 15.4 Å². The van der Waals surface area contributed by atoms with Gasteiger partial charge in [0.1, 0.15) is 11.3 Å². The summed E-state index contributed by atoms with van der Waals surface area (Å²) in [4.78, 5) is 36.6. The number of rotatable bonds is 7. The molecule has 1 aromatic rings. The van der Waals surface area contributed by atoms with Gasteiger partial charge in [0.05, 0.1) is 0 Å². The van der Waals surface area contributed by atoms with Crippen molar-refractivity contribution >= 4 is 17.8 Å². The van der Waals surface area contributed by atoms with Gasteiger partial charge >= 0.3 is 12.4 Å². The van der Waals surface area contributed by atoms with Crippen molar-refractivity contribution in [3.05, 3.63) is 29.8 Å². The molecule has 1 aliphatic rings. The van der Waals surface area contributed by atoms with Gasteiger partial charge in [0, 0.05) is 19.5 Å². The van der Waals surface area contributed by atoms with Gasteiger partial charge in [-0.15, -0.1) is 13.2 Å². The number of imide groups is 1. The standard InChI is InChI=1S/C17H20F3N3O4/c1-16(2)14(25)23(15(26)22-16)9-3-4-13(24)21-10-11-5-7-12(8-6-11)27-17(18,19)20/h5-8H,3-4,9-10H2,1-2H3,(H,21,24)(H,22,26). The summed E-state index contributed by atoms with van der Waals surface area (Å²) in [6.45, 7) is 3.47. The average molecular weight is 387 g/mol. The summed E-state index contributed by atoms with van der Waals surface area (Å²) in [5.74, 6) is -0.972. The first kappa shape index (κ1) is 20.5. The molecular formula is C17H20F3N3O4. The van der Waals surface area contributed by atoms with E-state index in [-0.39, 0.29) is 37.1 Å². The number of nitrogens with one attached hydrogen (secondary N) is 2. The summed E-state index contributed by atoms with van der Waals surface area (Å²) in [7, 11) is 0. The molecule has 1 heterocycles. The molecule has 1 aromatic carbocycles. The van der Waals surface area contributed by atoms with Crippen molar-refractivity contribution in [3.8, 4) is 5.75 Å². The van der Waals surface area contributed by atoms with E-state index in [0.717, 1.165) is 17.0 Å². The second-order valence-corrected chi connectivity index (χ2v) is 6.58. The lowest BCUT2D eigenvalue weighted by molar-refractivity contribution is -0.274. The number of hydrogen-bond donors (Lipinski definition) is 2. The molecule has 0 radical (unpaired) electrons. The van der Waals surface area contributed by atoms with Crippen LogP contribution in [0.25, 0.3) is 0 Å². The van der Waals surface area contributed by atoms with Crippen LogP contribution < -0.4 is 15.4 Å². The number of alkyl halides is 3. The number of carbonyl (C=O) groups excluding carboxylic acids is 3. The summed E-state index contributed by atoms with van der Waals surface area (Å²) in [5, 5.41) is 5.18. The van der Waals surface area contributed by atoms with Crippen molar-refractivity contribution < 1.29 is 32.3 Å². The highest BCUT2D eigenvalue weighted by molar-refractivity contribution is 6.06. The Kier molecular flexibility index (Phi) is 5.97. The molecule has 7 nitrogen and oxygen atoms in total. The third-order valence-corrected chi connectivity index (χ3v) is 3.88. The highest BCUT2D eigenvalue weighted by atomic mass is 19.4. The Labute approximate surface area is 153 Å². The molecule has 0 bridgehead atoms. The Balaban J connectivity index is 1.72. The van der Waals surface area contributed by atoms with Crippen LogP contribution in [0, 0.1) is 0 Å². The predicted octanol–water partition coefficient (Wildman–Crippen LogP) is 2.31. The number of hydrogen-bond acceptors (Lipinski definition) is 4. The van der Waals surface area contributed by atoms with Crippen LogP contribution in [0.1, 0.15) is 32.3 Å². The Morgan fingerprint density at radius 2 is 1.85 bits per heavy atom. The highest BCUT2D eigenvalue weighted by Gasteiger charge is 2.43. The number of ether oxygens (including phenoxy) is 1. The smallest absolute Gasteiger partial charge is 0.406 e. The van der Waals surface area contributed by atoms with Crippen LogP contribution in [0.2, 0.25) is 0 Å². The van der Waals surface area contributed by atoms with Gasteiger partial charge in [0.15, 0.2) is 0 Å². The summed E-state index contributed by atoms with van der Waals surface area (Å²) in [6.07, 6.45) is -4.34. The first-order valence-corrected chi connectivity index (χ1v) is 8.23. The molecule has 0 atom stereocenters. The van der Waals surface area contributed by atoms with Gasteiger partial charge in [-0.1, -0.05) is 12.1 Å². The van der Waals surface area contributed by atoms with Crippen molar-refractivity contribution in [3.63, 3.8) is 0 Å². The molecular weight excluding hydrogens is 367 g/mol. The molecule has 1 aliphatic heterocycles. The summed E-state index contributed by atoms with van der Waals surface area (Å²) in [5.41, 5.74) is -0.338. The van der Waals surface area contributed by atoms with Gasteiger partial charge in [-0.05, 0) is 38.0 Å². The minimum Gasteiger partial charge on any atom is -0.406 e. The normalized spacial score (nSPS) is 16.3. The summed E-state index contributed by atoms with van der Waals surface area (Å²) in [6, 6.07) is 4.67. The average Bonchev–Trinajstić information content (AvgIpc) is 2.74. The van der Waals surface area contributed by atoms with Crippen LogP contribution >= 0.6 is 0 Å². The second kappa shape index (κ2) is 7.85. The molecule has 2 rings (SSSR count). The number of nitrogens with zero attached hydrogens (tertiary/aromatic N) is 1. The minimum atomic E-state index is -4.75. The maximum atomic E-state index is 12.1. The topological polar surface area (TPSA) is 87.7 Å². The van der Waals surface area contributed by atoms with E-state index in [9.17, 15) is 27.6 Å². The van der Waals surface area contributed by atoms with Crippen molar-refractivity contribution in [1.29, 1.82) is 0 Å². The lowest BCUT2D eigenvalue weighted by Gasteiger charge is -2.15. The Morgan fingerprint density at radius 3 is 2.37 bits per heavy atom. The number of halogens is 3. The second-order valence-electron chi connectivity index (χ2n) is 6.58. The quantitative estimate of drug-likeness (QED) is 0.703. The van der Waals surface area contributed by atoms with E-state index in [0.29, 0.717) is 12.0 Å². The van der Waals surface area contributed by atoms with E-state index in [1.54, 1.807) is 13.8 Å². The number of carbonyl (C=O) groups is 3. The van der Waals surface area contributed by atoms with Gasteiger partial charge in [0.25, 0.3) is 5.91 Å². The van der Waals surface area contributed by atoms with Crippen molar-refractivity contribution in [2.45, 2.75) is 45.1 Å². The Hall–Kier alpha value is -2.78. The molecule has 0 spiro atoms. The Morgan fingerprint density at radius 1 is 1.22 bits per heavy atom. The minimum absolute atomic E-state index is 0.104. The zero-order valence-electron chi connectivity index (χ0n) is 14.9. The van der Waals surface area contributed by atoms with Crippen LogP contribution in [0.3, 0.4) is 0 Å². The Bertz CT molecular complexity index is 717. The molecule has 10 heteroatoms. The molecule has 0 saturated carbocycles. The van der Waals surface area contributed by atoms with E-state index >= 15 is 0 Å². The van der Waals surface area contributed by atoms with Crippen LogP contribution in [0.4, 0.5) is 18.0 Å². The fourth-order valence-electron chi connectivity index (χ4n) is 2.52. The van der Waals surface area contributed by atoms with E-state index in [1.165, 1.54) is 12.1 Å². The lowest BCUT2D eigenvalue weighted by Crippen LogP contribution is -2.40. The zero-order chi connectivity index (χ0) is 20.2.